The monoisotopic (exact) mass is 1090 g/mol. The molecule has 12 heteroatoms. The quantitative estimate of drug-likeness (QED) is 0.0841. The van der Waals surface area contributed by atoms with Crippen LogP contribution in [0.4, 0.5) is 34.1 Å². The first kappa shape index (κ1) is 48.2. The van der Waals surface area contributed by atoms with Gasteiger partial charge in [0.25, 0.3) is 0 Å². The molecule has 6 aliphatic carbocycles. The maximum Gasteiger partial charge on any atom is 0.218 e. The summed E-state index contributed by atoms with van der Waals surface area (Å²) in [6.07, 6.45) is 0. The van der Waals surface area contributed by atoms with Crippen LogP contribution in [0.5, 0.6) is 0 Å². The zero-order valence-corrected chi connectivity index (χ0v) is 43.9. The Kier molecular flexibility index (Phi) is 10.2. The van der Waals surface area contributed by atoms with Gasteiger partial charge in [0, 0.05) is 54.6 Å². The van der Waals surface area contributed by atoms with Crippen LogP contribution < -0.4 is 21.5 Å². The minimum absolute atomic E-state index is 0.00402. The lowest BCUT2D eigenvalue weighted by Crippen LogP contribution is -2.22. The third-order valence-electron chi connectivity index (χ3n) is 16.7. The summed E-state index contributed by atoms with van der Waals surface area (Å²) >= 11 is 0. The summed E-state index contributed by atoms with van der Waals surface area (Å²) in [5.41, 5.74) is 2.69. The molecule has 0 aromatic heterocycles. The Morgan fingerprint density at radius 2 is 0.595 bits per heavy atom. The molecule has 394 valence electrons. The van der Waals surface area contributed by atoms with E-state index >= 15 is 9.59 Å². The second-order valence-corrected chi connectivity index (χ2v) is 21.1. The number of aliphatic hydroxyl groups excluding tert-OH is 2. The molecule has 0 atom stereocenters. The lowest BCUT2D eigenvalue weighted by Gasteiger charge is -2.23. The number of rotatable bonds is 8. The minimum Gasteiger partial charge on any atom is -0.493 e. The van der Waals surface area contributed by atoms with Gasteiger partial charge in [-0.2, -0.15) is 0 Å². The first-order valence-corrected chi connectivity index (χ1v) is 27.1. The van der Waals surface area contributed by atoms with E-state index in [1.165, 1.54) is 0 Å². The second kappa shape index (κ2) is 17.9. The minimum atomic E-state index is -0.448. The van der Waals surface area contributed by atoms with Gasteiger partial charge in [-0.3, -0.25) is 28.8 Å². The van der Waals surface area contributed by atoms with Crippen LogP contribution in [0.25, 0.3) is 53.9 Å². The van der Waals surface area contributed by atoms with Crippen molar-refractivity contribution in [3.8, 4) is 0 Å². The van der Waals surface area contributed by atoms with Crippen molar-refractivity contribution in [3.05, 3.63) is 303 Å². The van der Waals surface area contributed by atoms with Gasteiger partial charge < -0.3 is 20.8 Å². The van der Waals surface area contributed by atoms with Gasteiger partial charge in [0.1, 0.15) is 0 Å². The molecule has 0 bridgehead atoms. The molecule has 0 aliphatic heterocycles. The molecule has 0 spiro atoms. The molecule has 12 nitrogen and oxygen atoms in total. The van der Waals surface area contributed by atoms with Gasteiger partial charge >= 0.3 is 0 Å². The number of aliphatic hydroxyl groups is 2. The topological polar surface area (TPSA) is 192 Å². The Hall–Kier alpha value is -11.8. The molecule has 10 aromatic carbocycles. The van der Waals surface area contributed by atoms with Crippen molar-refractivity contribution in [2.24, 2.45) is 9.98 Å². The number of fused-ring (bicyclic) bond motifs is 13. The van der Waals surface area contributed by atoms with Crippen molar-refractivity contribution in [1.29, 1.82) is 0 Å². The average molecular weight is 1090 g/mol. The van der Waals surface area contributed by atoms with Crippen LogP contribution in [0.2, 0.25) is 0 Å². The maximum atomic E-state index is 15.4. The number of nitrogens with one attached hydrogen (secondary N) is 2. The maximum absolute atomic E-state index is 15.4. The lowest BCUT2D eigenvalue weighted by atomic mass is 9.82. The fourth-order valence-electron chi connectivity index (χ4n) is 13.1. The van der Waals surface area contributed by atoms with Crippen molar-refractivity contribution in [3.63, 3.8) is 0 Å². The van der Waals surface area contributed by atoms with Crippen molar-refractivity contribution >= 4 is 123 Å². The number of hydrogen-bond acceptors (Lipinski definition) is 10. The molecule has 0 amide bonds. The highest BCUT2D eigenvalue weighted by Crippen LogP contribution is 2.46. The Balaban J connectivity index is 0.928. The van der Waals surface area contributed by atoms with Crippen LogP contribution in [0.15, 0.2) is 226 Å². The van der Waals surface area contributed by atoms with E-state index in [9.17, 15) is 29.4 Å². The molecule has 0 unspecified atom stereocenters. The van der Waals surface area contributed by atoms with Gasteiger partial charge in [-0.1, -0.05) is 146 Å². The summed E-state index contributed by atoms with van der Waals surface area (Å²) in [4.78, 5) is 98.5. The highest BCUT2D eigenvalue weighted by molar-refractivity contribution is 6.33. The van der Waals surface area contributed by atoms with Crippen molar-refractivity contribution in [2.45, 2.75) is 0 Å². The largest absolute Gasteiger partial charge is 0.493 e. The number of carbonyl (C=O) groups excluding carboxylic acids is 4. The number of carbonyl (C=O) groups is 4. The molecule has 0 saturated carbocycles. The molecular weight excluding hydrogens is 1050 g/mol. The number of nitrogens with zero attached hydrogens (tertiary/aromatic N) is 2. The zero-order chi connectivity index (χ0) is 56.8. The van der Waals surface area contributed by atoms with Crippen LogP contribution in [0.1, 0.15) is 74.8 Å². The number of ketones is 4. The number of hydrogen-bond donors (Lipinski definition) is 4. The van der Waals surface area contributed by atoms with E-state index in [-0.39, 0.29) is 89.9 Å². The number of benzene rings is 10. The predicted molar refractivity (Wildman–Crippen MR) is 327 cm³/mol. The summed E-state index contributed by atoms with van der Waals surface area (Å²) < 4.78 is 0. The Morgan fingerprint density at radius 1 is 0.286 bits per heavy atom. The van der Waals surface area contributed by atoms with Crippen molar-refractivity contribution < 1.29 is 29.4 Å². The van der Waals surface area contributed by atoms with Crippen LogP contribution in [0.3, 0.4) is 0 Å². The van der Waals surface area contributed by atoms with E-state index in [4.69, 9.17) is 0 Å². The van der Waals surface area contributed by atoms with Crippen LogP contribution in [-0.2, 0) is 0 Å². The predicted octanol–water partition coefficient (Wildman–Crippen LogP) is 14.2. The fourth-order valence-corrected chi connectivity index (χ4v) is 13.1. The van der Waals surface area contributed by atoms with E-state index in [0.717, 1.165) is 32.0 Å². The third-order valence-corrected chi connectivity index (χ3v) is 16.7. The van der Waals surface area contributed by atoms with Gasteiger partial charge in [0.05, 0.1) is 67.2 Å². The van der Waals surface area contributed by atoms with Crippen molar-refractivity contribution in [2.75, 3.05) is 10.6 Å². The molecule has 4 N–H and O–H groups in total. The Labute approximate surface area is 473 Å². The molecule has 84 heavy (non-hydrogen) atoms. The summed E-state index contributed by atoms with van der Waals surface area (Å²) in [6.45, 7) is 0. The van der Waals surface area contributed by atoms with Gasteiger partial charge in [-0.25, -0.2) is 9.98 Å². The Bertz CT molecular complexity index is 5300. The third kappa shape index (κ3) is 6.70. The Morgan fingerprint density at radius 3 is 0.976 bits per heavy atom. The van der Waals surface area contributed by atoms with E-state index in [1.54, 1.807) is 158 Å². The standard InChI is InChI=1S/C72H38N4O8/c77-65-39-21-9-7-19-37(39)53-56-46-28-30-48(74-50-32-34-52(76-72(84)36-17-5-2-6-18-36)64-62(50)68(80)42-24-12-14-26-44(42)70(64)82)60-58(46)54(38-20-8-10-22-40(38)66(60)78)55(56)45-27-29-47(59(65)57(45)53)73-49-31-33-51(75-71(83)35-15-3-1-4-16-35)63-61(49)67(79)41-23-11-13-25-43(41)69(63)81/h1-34,73-74H,(H,75,83)(H,76,84). The van der Waals surface area contributed by atoms with Crippen LogP contribution >= 0.6 is 0 Å². The number of anilines is 4. The first-order valence-electron chi connectivity index (χ1n) is 27.1. The van der Waals surface area contributed by atoms with Crippen LogP contribution in [-0.4, -0.2) is 45.1 Å². The normalized spacial score (nSPS) is 13.4. The SMILES string of the molecule is O=C1c2ccccc2C(=O)c2c(Nc3ccc4c5c3c(=O)c3ccccc3c=5c3c5ccc(Nc6ccc(N=C(O)c7ccccc7)c7c6C(=O)c6ccccc6C7=O)c6c(=O)c7ccccc7c(c43)=c65)ccc(N=C(O)c3ccccc3)c21. The van der Waals surface area contributed by atoms with E-state index in [1.807, 2.05) is 48.5 Å². The molecule has 0 radical (unpaired) electrons. The molecular formula is C72H38N4O8. The summed E-state index contributed by atoms with van der Waals surface area (Å²) in [5, 5.41) is 38.4. The summed E-state index contributed by atoms with van der Waals surface area (Å²) in [7, 11) is 0. The van der Waals surface area contributed by atoms with Gasteiger partial charge in [0.15, 0.2) is 34.0 Å². The van der Waals surface area contributed by atoms with Gasteiger partial charge in [-0.05, 0) is 103 Å². The van der Waals surface area contributed by atoms with E-state index < -0.39 is 23.1 Å². The molecule has 6 aliphatic rings. The van der Waals surface area contributed by atoms with E-state index in [2.05, 4.69) is 20.6 Å². The summed E-state index contributed by atoms with van der Waals surface area (Å²) in [5.74, 6) is -2.44. The number of aliphatic imine (C=N–C) groups is 2. The summed E-state index contributed by atoms with van der Waals surface area (Å²) in [6, 6.07) is 59.3. The molecule has 0 saturated heterocycles. The van der Waals surface area contributed by atoms with Crippen molar-refractivity contribution in [1.82, 2.24) is 0 Å². The molecule has 16 rings (SSSR count). The fraction of sp³-hybridized carbons (Fsp3) is 0. The molecule has 0 heterocycles. The second-order valence-electron chi connectivity index (χ2n) is 21.1. The van der Waals surface area contributed by atoms with Crippen LogP contribution in [0, 0.1) is 20.9 Å². The highest BCUT2D eigenvalue weighted by atomic mass is 16.3. The molecule has 0 fully saturated rings. The highest BCUT2D eigenvalue weighted by Gasteiger charge is 2.37. The lowest BCUT2D eigenvalue weighted by molar-refractivity contribution is 0.0980. The smallest absolute Gasteiger partial charge is 0.218 e. The van der Waals surface area contributed by atoms with E-state index in [0.29, 0.717) is 65.3 Å². The zero-order valence-electron chi connectivity index (χ0n) is 43.9. The van der Waals surface area contributed by atoms with Gasteiger partial charge in [0.2, 0.25) is 11.8 Å². The average Bonchev–Trinajstić information content (AvgIpc) is 1.51. The first-order chi connectivity index (χ1) is 41.0. The van der Waals surface area contributed by atoms with Gasteiger partial charge in [-0.15, -0.1) is 0 Å². The molecule has 10 aromatic rings.